The number of hydrogen-bond acceptors (Lipinski definition) is 5. The number of benzene rings is 2. The van der Waals surface area contributed by atoms with Gasteiger partial charge in [-0.05, 0) is 34.9 Å². The fourth-order valence-electron chi connectivity index (χ4n) is 2.60. The first kappa shape index (κ1) is 21.9. The van der Waals surface area contributed by atoms with E-state index in [1.165, 1.54) is 12.3 Å². The monoisotopic (exact) mass is 437 g/mol. The van der Waals surface area contributed by atoms with Crippen LogP contribution < -0.4 is 0 Å². The SMILES string of the molecule is O=P(O)(O)C(F)(F)c1cccc(-c2ccc(CO/N=C/c3ccc(CO)o3)cc2)c1. The Morgan fingerprint density at radius 3 is 2.43 bits per heavy atom. The normalized spacial score (nSPS) is 12.4. The van der Waals surface area contributed by atoms with Gasteiger partial charge in [-0.25, -0.2) is 0 Å². The van der Waals surface area contributed by atoms with E-state index in [0.29, 0.717) is 22.6 Å². The number of halogens is 2. The molecule has 0 amide bonds. The van der Waals surface area contributed by atoms with Crippen LogP contribution in [-0.4, -0.2) is 21.1 Å². The zero-order valence-corrected chi connectivity index (χ0v) is 16.4. The van der Waals surface area contributed by atoms with Gasteiger partial charge in [-0.2, -0.15) is 8.78 Å². The van der Waals surface area contributed by atoms with Crippen LogP contribution in [0.15, 0.2) is 70.2 Å². The molecule has 2 aromatic carbocycles. The highest BCUT2D eigenvalue weighted by Gasteiger charge is 2.50. The van der Waals surface area contributed by atoms with Gasteiger partial charge < -0.3 is 24.1 Å². The van der Waals surface area contributed by atoms with Crippen LogP contribution in [0.3, 0.4) is 0 Å². The number of alkyl halides is 2. The summed E-state index contributed by atoms with van der Waals surface area (Å²) in [7, 11) is -5.63. The van der Waals surface area contributed by atoms with Crippen LogP contribution in [0.4, 0.5) is 8.78 Å². The van der Waals surface area contributed by atoms with E-state index < -0.39 is 18.8 Å². The first-order valence-corrected chi connectivity index (χ1v) is 10.3. The van der Waals surface area contributed by atoms with E-state index in [-0.39, 0.29) is 13.2 Å². The van der Waals surface area contributed by atoms with E-state index in [1.54, 1.807) is 42.5 Å². The van der Waals surface area contributed by atoms with Crippen molar-refractivity contribution in [1.29, 1.82) is 0 Å². The summed E-state index contributed by atoms with van der Waals surface area (Å²) < 4.78 is 44.2. The Hall–Kier alpha value is -2.84. The summed E-state index contributed by atoms with van der Waals surface area (Å²) in [6.45, 7) is -0.0540. The van der Waals surface area contributed by atoms with Gasteiger partial charge in [0.1, 0.15) is 30.9 Å². The molecule has 0 radical (unpaired) electrons. The van der Waals surface area contributed by atoms with Crippen molar-refractivity contribution in [3.63, 3.8) is 0 Å². The first-order valence-electron chi connectivity index (χ1n) is 8.69. The molecule has 0 aliphatic heterocycles. The largest absolute Gasteiger partial charge is 0.458 e. The van der Waals surface area contributed by atoms with Gasteiger partial charge in [-0.1, -0.05) is 47.6 Å². The van der Waals surface area contributed by atoms with Crippen molar-refractivity contribution >= 4 is 13.8 Å². The van der Waals surface area contributed by atoms with Crippen LogP contribution >= 0.6 is 7.60 Å². The smallest absolute Gasteiger partial charge is 0.399 e. The lowest BCUT2D eigenvalue weighted by atomic mass is 10.0. The van der Waals surface area contributed by atoms with Gasteiger partial charge in [-0.15, -0.1) is 0 Å². The molecule has 0 aliphatic rings. The Kier molecular flexibility index (Phi) is 6.48. The molecule has 0 atom stereocenters. The van der Waals surface area contributed by atoms with Crippen LogP contribution in [-0.2, 0) is 28.3 Å². The van der Waals surface area contributed by atoms with Crippen LogP contribution in [0.5, 0.6) is 0 Å². The summed E-state index contributed by atoms with van der Waals surface area (Å²) >= 11 is 0. The third kappa shape index (κ3) is 5.01. The molecule has 0 spiro atoms. The fourth-order valence-corrected chi connectivity index (χ4v) is 3.07. The lowest BCUT2D eigenvalue weighted by Gasteiger charge is -2.18. The predicted octanol–water partition coefficient (Wildman–Crippen LogP) is 4.22. The second-order valence-electron chi connectivity index (χ2n) is 6.33. The molecule has 0 fully saturated rings. The van der Waals surface area contributed by atoms with Gasteiger partial charge in [0.2, 0.25) is 0 Å². The number of rotatable bonds is 8. The molecule has 158 valence electrons. The second-order valence-corrected chi connectivity index (χ2v) is 7.98. The van der Waals surface area contributed by atoms with Gasteiger partial charge in [0.25, 0.3) is 0 Å². The Morgan fingerprint density at radius 2 is 1.80 bits per heavy atom. The van der Waals surface area contributed by atoms with Crippen molar-refractivity contribution < 1.29 is 37.5 Å². The average molecular weight is 437 g/mol. The maximum absolute atomic E-state index is 13.9. The van der Waals surface area contributed by atoms with Crippen LogP contribution in [0.1, 0.15) is 22.6 Å². The van der Waals surface area contributed by atoms with Crippen molar-refractivity contribution in [1.82, 2.24) is 0 Å². The molecule has 7 nitrogen and oxygen atoms in total. The highest BCUT2D eigenvalue weighted by molar-refractivity contribution is 7.52. The van der Waals surface area contributed by atoms with Gasteiger partial charge in [0.15, 0.2) is 0 Å². The molecular weight excluding hydrogens is 419 g/mol. The summed E-state index contributed by atoms with van der Waals surface area (Å²) in [4.78, 5) is 23.0. The predicted molar refractivity (Wildman–Crippen MR) is 105 cm³/mol. The molecule has 30 heavy (non-hydrogen) atoms. The van der Waals surface area contributed by atoms with E-state index in [2.05, 4.69) is 5.16 Å². The lowest BCUT2D eigenvalue weighted by molar-refractivity contribution is 0.0565. The molecule has 0 aliphatic carbocycles. The highest BCUT2D eigenvalue weighted by Crippen LogP contribution is 2.59. The third-order valence-electron chi connectivity index (χ3n) is 4.19. The maximum atomic E-state index is 13.9. The summed E-state index contributed by atoms with van der Waals surface area (Å²) in [5.41, 5.74) is -3.26. The molecule has 3 aromatic rings. The lowest BCUT2D eigenvalue weighted by Crippen LogP contribution is -2.13. The maximum Gasteiger partial charge on any atom is 0.399 e. The molecule has 0 bridgehead atoms. The summed E-state index contributed by atoms with van der Waals surface area (Å²) in [6.07, 6.45) is 1.36. The fraction of sp³-hybridized carbons (Fsp3) is 0.150. The Labute approximate surface area is 170 Å². The van der Waals surface area contributed by atoms with Crippen molar-refractivity contribution in [2.45, 2.75) is 18.9 Å². The minimum Gasteiger partial charge on any atom is -0.458 e. The molecule has 10 heteroatoms. The number of aliphatic hydroxyl groups is 1. The average Bonchev–Trinajstić information content (AvgIpc) is 3.19. The van der Waals surface area contributed by atoms with E-state index in [4.69, 9.17) is 24.1 Å². The molecule has 1 heterocycles. The Bertz CT molecular complexity index is 1070. The van der Waals surface area contributed by atoms with Gasteiger partial charge in [0.05, 0.1) is 0 Å². The zero-order valence-electron chi connectivity index (χ0n) is 15.5. The first-order chi connectivity index (χ1) is 14.2. The van der Waals surface area contributed by atoms with Gasteiger partial charge in [0, 0.05) is 5.56 Å². The molecule has 1 aromatic heterocycles. The number of aliphatic hydroxyl groups excluding tert-OH is 1. The molecule has 3 N–H and O–H groups in total. The molecule has 3 rings (SSSR count). The van der Waals surface area contributed by atoms with E-state index >= 15 is 0 Å². The quantitative estimate of drug-likeness (QED) is 0.276. The molecule has 0 saturated carbocycles. The van der Waals surface area contributed by atoms with Crippen LogP contribution in [0, 0.1) is 0 Å². The highest BCUT2D eigenvalue weighted by atomic mass is 31.2. The Balaban J connectivity index is 1.66. The van der Waals surface area contributed by atoms with Crippen molar-refractivity contribution in [2.24, 2.45) is 5.16 Å². The Morgan fingerprint density at radius 1 is 1.07 bits per heavy atom. The van der Waals surface area contributed by atoms with E-state index in [0.717, 1.165) is 17.7 Å². The van der Waals surface area contributed by atoms with E-state index in [1.807, 2.05) is 0 Å². The summed E-state index contributed by atoms with van der Waals surface area (Å²) in [5.74, 6) is 0.844. The number of nitrogens with zero attached hydrogens (tertiary/aromatic N) is 1. The van der Waals surface area contributed by atoms with Crippen molar-refractivity contribution in [3.05, 3.63) is 83.3 Å². The summed E-state index contributed by atoms with van der Waals surface area (Å²) in [5, 5.41) is 12.7. The van der Waals surface area contributed by atoms with Gasteiger partial charge >= 0.3 is 13.3 Å². The molecular formula is C20H18F2NO6P. The zero-order chi connectivity index (χ0) is 21.8. The molecule has 0 unspecified atom stereocenters. The van der Waals surface area contributed by atoms with Crippen LogP contribution in [0.2, 0.25) is 0 Å². The second kappa shape index (κ2) is 8.89. The van der Waals surface area contributed by atoms with Crippen molar-refractivity contribution in [2.75, 3.05) is 0 Å². The summed E-state index contributed by atoms with van der Waals surface area (Å²) in [6, 6.07) is 15.0. The van der Waals surface area contributed by atoms with Crippen molar-refractivity contribution in [3.8, 4) is 11.1 Å². The number of oxime groups is 1. The van der Waals surface area contributed by atoms with Gasteiger partial charge in [-0.3, -0.25) is 4.57 Å². The minimum atomic E-state index is -5.63. The number of furan rings is 1. The minimum absolute atomic E-state index is 0.153. The standard InChI is InChI=1S/C20H18F2NO6P/c21-20(22,30(25,26)27)17-3-1-2-16(10-17)15-6-4-14(5-7-15)13-28-23-11-18-8-9-19(12-24)29-18/h1-11,24H,12-13H2,(H2,25,26,27)/b23-11+. The van der Waals surface area contributed by atoms with Crippen LogP contribution in [0.25, 0.3) is 11.1 Å². The van der Waals surface area contributed by atoms with E-state index in [9.17, 15) is 13.3 Å². The molecule has 0 saturated heterocycles. The third-order valence-corrected chi connectivity index (χ3v) is 5.18. The number of hydrogen-bond donors (Lipinski definition) is 3. The topological polar surface area (TPSA) is 112 Å².